The molecule has 0 fully saturated rings. The highest BCUT2D eigenvalue weighted by Crippen LogP contribution is 2.25. The predicted molar refractivity (Wildman–Crippen MR) is 96.9 cm³/mol. The molecule has 2 N–H and O–H groups in total. The first kappa shape index (κ1) is 20.1. The van der Waals surface area contributed by atoms with Gasteiger partial charge in [0.25, 0.3) is 5.91 Å². The summed E-state index contributed by atoms with van der Waals surface area (Å²) in [7, 11) is 0. The Labute approximate surface area is 162 Å². The lowest BCUT2D eigenvalue weighted by Gasteiger charge is -2.11. The van der Waals surface area contributed by atoms with Crippen LogP contribution in [0.4, 0.5) is 23.2 Å². The van der Waals surface area contributed by atoms with Crippen LogP contribution in [0.25, 0.3) is 0 Å². The third-order valence-electron chi connectivity index (χ3n) is 4.17. The molecule has 0 heterocycles. The van der Waals surface area contributed by atoms with Gasteiger partial charge in [-0.05, 0) is 29.7 Å². The highest BCUT2D eigenvalue weighted by atomic mass is 19.2. The van der Waals surface area contributed by atoms with E-state index in [2.05, 4.69) is 5.32 Å². The largest absolute Gasteiger partial charge is 0.478 e. The van der Waals surface area contributed by atoms with Crippen molar-refractivity contribution in [1.82, 2.24) is 0 Å². The van der Waals surface area contributed by atoms with E-state index in [1.807, 2.05) is 30.3 Å². The number of carboxylic acids is 1. The molecule has 4 nitrogen and oxygen atoms in total. The number of aromatic carboxylic acids is 1. The Hall–Kier alpha value is -3.68. The minimum atomic E-state index is -2.30. The summed E-state index contributed by atoms with van der Waals surface area (Å²) in [4.78, 5) is 23.4. The Morgan fingerprint density at radius 3 is 1.79 bits per heavy atom. The van der Waals surface area contributed by atoms with Crippen molar-refractivity contribution in [3.63, 3.8) is 0 Å². The molecule has 0 unspecified atom stereocenters. The monoisotopic (exact) mass is 403 g/mol. The molecule has 148 valence electrons. The van der Waals surface area contributed by atoms with E-state index in [-0.39, 0.29) is 5.69 Å². The fourth-order valence-corrected chi connectivity index (χ4v) is 2.78. The van der Waals surface area contributed by atoms with Crippen molar-refractivity contribution in [3.8, 4) is 0 Å². The van der Waals surface area contributed by atoms with E-state index in [4.69, 9.17) is 5.11 Å². The lowest BCUT2D eigenvalue weighted by Crippen LogP contribution is -2.22. The van der Waals surface area contributed by atoms with Gasteiger partial charge in [-0.25, -0.2) is 22.4 Å². The predicted octanol–water partition coefficient (Wildman–Crippen LogP) is 4.78. The number of hydrogen-bond donors (Lipinski definition) is 2. The quantitative estimate of drug-likeness (QED) is 0.366. The summed E-state index contributed by atoms with van der Waals surface area (Å²) in [5.74, 6) is -12.3. The summed E-state index contributed by atoms with van der Waals surface area (Å²) in [6, 6.07) is 15.8. The summed E-state index contributed by atoms with van der Waals surface area (Å²) in [6.07, 6.45) is 0.612. The van der Waals surface area contributed by atoms with Crippen LogP contribution in [0.5, 0.6) is 0 Å². The van der Waals surface area contributed by atoms with Gasteiger partial charge in [0.15, 0.2) is 23.3 Å². The highest BCUT2D eigenvalue weighted by molar-refractivity contribution is 6.11. The third-order valence-corrected chi connectivity index (χ3v) is 4.17. The number of carbonyl (C=O) groups is 2. The van der Waals surface area contributed by atoms with Gasteiger partial charge < -0.3 is 10.4 Å². The molecular formula is C21H13F4NO3. The topological polar surface area (TPSA) is 66.4 Å². The van der Waals surface area contributed by atoms with Gasteiger partial charge in [0.1, 0.15) is 5.56 Å². The average molecular weight is 403 g/mol. The Morgan fingerprint density at radius 1 is 0.724 bits per heavy atom. The van der Waals surface area contributed by atoms with Crippen LogP contribution in [0.3, 0.4) is 0 Å². The Bertz CT molecular complexity index is 1080. The van der Waals surface area contributed by atoms with Crippen molar-refractivity contribution in [1.29, 1.82) is 0 Å². The zero-order valence-corrected chi connectivity index (χ0v) is 14.7. The van der Waals surface area contributed by atoms with Gasteiger partial charge in [-0.15, -0.1) is 0 Å². The van der Waals surface area contributed by atoms with Gasteiger partial charge in [0, 0.05) is 5.69 Å². The van der Waals surface area contributed by atoms with Crippen LogP contribution in [0.1, 0.15) is 31.8 Å². The SMILES string of the molecule is O=C(O)c1c(F)c(F)c(F)c(F)c1C(=O)Nc1ccc(Cc2ccccc2)cc1. The number of amides is 1. The number of halogens is 4. The maximum absolute atomic E-state index is 14.0. The molecule has 8 heteroatoms. The molecule has 3 aromatic rings. The van der Waals surface area contributed by atoms with E-state index < -0.39 is 46.3 Å². The van der Waals surface area contributed by atoms with Crippen molar-refractivity contribution in [2.24, 2.45) is 0 Å². The van der Waals surface area contributed by atoms with E-state index in [0.29, 0.717) is 6.42 Å². The van der Waals surface area contributed by atoms with Crippen LogP contribution in [-0.4, -0.2) is 17.0 Å². The second-order valence-corrected chi connectivity index (χ2v) is 6.12. The van der Waals surface area contributed by atoms with Gasteiger partial charge in [0.05, 0.1) is 5.56 Å². The van der Waals surface area contributed by atoms with Crippen molar-refractivity contribution < 1.29 is 32.3 Å². The maximum atomic E-state index is 14.0. The van der Waals surface area contributed by atoms with Crippen LogP contribution in [-0.2, 0) is 6.42 Å². The molecule has 0 bridgehead atoms. The number of benzene rings is 3. The molecule has 0 saturated heterocycles. The van der Waals surface area contributed by atoms with E-state index in [1.54, 1.807) is 12.1 Å². The smallest absolute Gasteiger partial charge is 0.339 e. The van der Waals surface area contributed by atoms with Crippen molar-refractivity contribution in [3.05, 3.63) is 100 Å². The molecule has 0 aromatic heterocycles. The molecule has 0 saturated carbocycles. The van der Waals surface area contributed by atoms with Gasteiger partial charge in [-0.2, -0.15) is 0 Å². The van der Waals surface area contributed by atoms with Gasteiger partial charge in [-0.3, -0.25) is 4.79 Å². The summed E-state index contributed by atoms with van der Waals surface area (Å²) in [6.45, 7) is 0. The van der Waals surface area contributed by atoms with Gasteiger partial charge in [-0.1, -0.05) is 42.5 Å². The van der Waals surface area contributed by atoms with E-state index in [9.17, 15) is 27.2 Å². The molecule has 0 aliphatic rings. The average Bonchev–Trinajstić information content (AvgIpc) is 2.70. The molecule has 0 aliphatic heterocycles. The van der Waals surface area contributed by atoms with Crippen LogP contribution >= 0.6 is 0 Å². The number of anilines is 1. The number of carboxylic acid groups (broad SMARTS) is 1. The summed E-state index contributed by atoms with van der Waals surface area (Å²) in [5.41, 5.74) is -0.935. The second kappa shape index (κ2) is 8.14. The Kier molecular flexibility index (Phi) is 5.63. The minimum absolute atomic E-state index is 0.132. The van der Waals surface area contributed by atoms with Crippen molar-refractivity contribution >= 4 is 17.6 Å². The van der Waals surface area contributed by atoms with Gasteiger partial charge in [0.2, 0.25) is 0 Å². The molecule has 0 spiro atoms. The molecule has 3 rings (SSSR count). The Morgan fingerprint density at radius 2 is 1.24 bits per heavy atom. The number of nitrogens with one attached hydrogen (secondary N) is 1. The Balaban J connectivity index is 1.86. The zero-order chi connectivity index (χ0) is 21.1. The first-order chi connectivity index (χ1) is 13.8. The second-order valence-electron chi connectivity index (χ2n) is 6.12. The number of hydrogen-bond acceptors (Lipinski definition) is 2. The summed E-state index contributed by atoms with van der Waals surface area (Å²) in [5, 5.41) is 11.2. The van der Waals surface area contributed by atoms with Gasteiger partial charge >= 0.3 is 5.97 Å². The standard InChI is InChI=1S/C21H13F4NO3/c22-16-14(15(21(28)29)17(23)19(25)18(16)24)20(27)26-13-8-6-12(7-9-13)10-11-4-2-1-3-5-11/h1-9H,10H2,(H,26,27)(H,28,29). The van der Waals surface area contributed by atoms with E-state index in [0.717, 1.165) is 11.1 Å². The maximum Gasteiger partial charge on any atom is 0.339 e. The normalized spacial score (nSPS) is 10.6. The van der Waals surface area contributed by atoms with Crippen LogP contribution in [0.2, 0.25) is 0 Å². The molecule has 1 amide bonds. The van der Waals surface area contributed by atoms with E-state index in [1.165, 1.54) is 12.1 Å². The van der Waals surface area contributed by atoms with Crippen LogP contribution in [0.15, 0.2) is 54.6 Å². The molecule has 0 radical (unpaired) electrons. The molecule has 29 heavy (non-hydrogen) atoms. The van der Waals surface area contributed by atoms with Crippen molar-refractivity contribution in [2.45, 2.75) is 6.42 Å². The minimum Gasteiger partial charge on any atom is -0.478 e. The third kappa shape index (κ3) is 4.11. The molecule has 3 aromatic carbocycles. The zero-order valence-electron chi connectivity index (χ0n) is 14.7. The van der Waals surface area contributed by atoms with Crippen molar-refractivity contribution in [2.75, 3.05) is 5.32 Å². The first-order valence-electron chi connectivity index (χ1n) is 8.33. The van der Waals surface area contributed by atoms with Crippen LogP contribution in [0, 0.1) is 23.3 Å². The van der Waals surface area contributed by atoms with E-state index >= 15 is 0 Å². The molecule has 0 aliphatic carbocycles. The molecule has 0 atom stereocenters. The number of carbonyl (C=O) groups excluding carboxylic acids is 1. The number of rotatable bonds is 5. The van der Waals surface area contributed by atoms with Crippen LogP contribution < -0.4 is 5.32 Å². The molecular weight excluding hydrogens is 390 g/mol. The highest BCUT2D eigenvalue weighted by Gasteiger charge is 2.32. The first-order valence-corrected chi connectivity index (χ1v) is 8.33. The lowest BCUT2D eigenvalue weighted by molar-refractivity contribution is 0.0684. The fourth-order valence-electron chi connectivity index (χ4n) is 2.78. The lowest BCUT2D eigenvalue weighted by atomic mass is 10.0. The summed E-state index contributed by atoms with van der Waals surface area (Å²) >= 11 is 0. The summed E-state index contributed by atoms with van der Waals surface area (Å²) < 4.78 is 54.6. The fraction of sp³-hybridized carbons (Fsp3) is 0.0476.